The first-order valence-corrected chi connectivity index (χ1v) is 6.96. The number of aliphatic hydroxyl groups excluding tert-OH is 1. The Kier molecular flexibility index (Phi) is 3.38. The molecule has 3 rings (SSSR count). The molecule has 0 saturated heterocycles. The van der Waals surface area contributed by atoms with Crippen LogP contribution in [0.2, 0.25) is 0 Å². The molecule has 21 heavy (non-hydrogen) atoms. The number of benzene rings is 2. The molecular weight excluding hydrogens is 287 g/mol. The highest BCUT2D eigenvalue weighted by Crippen LogP contribution is 2.30. The summed E-state index contributed by atoms with van der Waals surface area (Å²) < 4.78 is 14.2. The molecule has 0 amide bonds. The summed E-state index contributed by atoms with van der Waals surface area (Å²) in [4.78, 5) is 4.34. The monoisotopic (exact) mass is 296 g/mol. The van der Waals surface area contributed by atoms with E-state index in [0.717, 1.165) is 10.2 Å². The molecule has 0 unspecified atom stereocenters. The summed E-state index contributed by atoms with van der Waals surface area (Å²) in [6.45, 7) is 0. The molecule has 0 saturated carbocycles. The second kappa shape index (κ2) is 5.35. The van der Waals surface area contributed by atoms with Crippen molar-refractivity contribution in [3.63, 3.8) is 0 Å². The average molecular weight is 296 g/mol. The molecule has 0 aliphatic heterocycles. The number of halogens is 1. The maximum Gasteiger partial charge on any atom is 0.143 e. The largest absolute Gasteiger partial charge is 0.506 e. The zero-order valence-electron chi connectivity index (χ0n) is 10.7. The average Bonchev–Trinajstić information content (AvgIpc) is 2.91. The van der Waals surface area contributed by atoms with Crippen molar-refractivity contribution < 1.29 is 9.50 Å². The van der Waals surface area contributed by atoms with Gasteiger partial charge in [0, 0.05) is 5.56 Å². The molecule has 0 spiro atoms. The fourth-order valence-electron chi connectivity index (χ4n) is 1.96. The molecule has 0 atom stereocenters. The van der Waals surface area contributed by atoms with Crippen LogP contribution >= 0.6 is 11.3 Å². The zero-order chi connectivity index (χ0) is 14.8. The maximum absolute atomic E-state index is 13.2. The quantitative estimate of drug-likeness (QED) is 0.564. The fraction of sp³-hybridized carbons (Fsp3) is 0. The van der Waals surface area contributed by atoms with Crippen molar-refractivity contribution in [3.05, 3.63) is 64.9 Å². The number of para-hydroxylation sites is 1. The fourth-order valence-corrected chi connectivity index (χ4v) is 2.92. The lowest BCUT2D eigenvalue weighted by Gasteiger charge is -2.02. The van der Waals surface area contributed by atoms with Crippen LogP contribution in [-0.2, 0) is 0 Å². The Morgan fingerprint density at radius 3 is 2.71 bits per heavy atom. The lowest BCUT2D eigenvalue weighted by molar-refractivity contribution is 0.512. The zero-order valence-corrected chi connectivity index (χ0v) is 11.6. The van der Waals surface area contributed by atoms with Crippen molar-refractivity contribution in [2.45, 2.75) is 0 Å². The molecule has 3 aromatic rings. The van der Waals surface area contributed by atoms with Gasteiger partial charge in [-0.2, -0.15) is 5.26 Å². The molecule has 0 aliphatic rings. The van der Waals surface area contributed by atoms with Gasteiger partial charge in [-0.1, -0.05) is 24.3 Å². The van der Waals surface area contributed by atoms with E-state index in [1.54, 1.807) is 6.07 Å². The number of aromatic nitrogens is 1. The third-order valence-electron chi connectivity index (χ3n) is 2.95. The Balaban J connectivity index is 2.17. The van der Waals surface area contributed by atoms with Gasteiger partial charge in [0.25, 0.3) is 0 Å². The Labute approximate surface area is 124 Å². The van der Waals surface area contributed by atoms with Crippen molar-refractivity contribution in [1.82, 2.24) is 4.98 Å². The van der Waals surface area contributed by atoms with Gasteiger partial charge in [0.05, 0.1) is 10.2 Å². The van der Waals surface area contributed by atoms with Gasteiger partial charge in [0.1, 0.15) is 28.2 Å². The molecule has 1 N–H and O–H groups in total. The van der Waals surface area contributed by atoms with Crippen LogP contribution in [-0.4, -0.2) is 10.1 Å². The SMILES string of the molecule is N#CC(=C(O)c1cccc(F)c1)c1nc2ccccc2s1. The van der Waals surface area contributed by atoms with E-state index in [1.807, 2.05) is 30.3 Å². The van der Waals surface area contributed by atoms with E-state index in [2.05, 4.69) is 4.98 Å². The predicted molar refractivity (Wildman–Crippen MR) is 81.1 cm³/mol. The van der Waals surface area contributed by atoms with Crippen LogP contribution in [0.4, 0.5) is 4.39 Å². The summed E-state index contributed by atoms with van der Waals surface area (Å²) in [6.07, 6.45) is 0. The molecular formula is C16H9FN2OS. The summed E-state index contributed by atoms with van der Waals surface area (Å²) >= 11 is 1.31. The number of thiazole rings is 1. The lowest BCUT2D eigenvalue weighted by Crippen LogP contribution is -1.90. The summed E-state index contributed by atoms with van der Waals surface area (Å²) in [5, 5.41) is 20.0. The number of hydrogen-bond acceptors (Lipinski definition) is 4. The number of nitrogens with zero attached hydrogens (tertiary/aromatic N) is 2. The third kappa shape index (κ3) is 2.49. The third-order valence-corrected chi connectivity index (χ3v) is 4.01. The minimum absolute atomic E-state index is 0.0433. The smallest absolute Gasteiger partial charge is 0.143 e. The van der Waals surface area contributed by atoms with Crippen LogP contribution in [0.25, 0.3) is 21.5 Å². The number of nitriles is 1. The molecule has 2 aromatic carbocycles. The first kappa shape index (κ1) is 13.3. The number of hydrogen-bond donors (Lipinski definition) is 1. The van der Waals surface area contributed by atoms with Crippen molar-refractivity contribution in [2.24, 2.45) is 0 Å². The van der Waals surface area contributed by atoms with Gasteiger partial charge in [0.15, 0.2) is 0 Å². The molecule has 3 nitrogen and oxygen atoms in total. The van der Waals surface area contributed by atoms with E-state index < -0.39 is 5.82 Å². The maximum atomic E-state index is 13.2. The van der Waals surface area contributed by atoms with Gasteiger partial charge >= 0.3 is 0 Å². The van der Waals surface area contributed by atoms with Gasteiger partial charge in [-0.3, -0.25) is 0 Å². The number of rotatable bonds is 2. The van der Waals surface area contributed by atoms with E-state index in [-0.39, 0.29) is 16.9 Å². The van der Waals surface area contributed by atoms with Crippen molar-refractivity contribution in [2.75, 3.05) is 0 Å². The van der Waals surface area contributed by atoms with Crippen LogP contribution in [0.1, 0.15) is 10.6 Å². The summed E-state index contributed by atoms with van der Waals surface area (Å²) in [6, 6.07) is 14.9. The standard InChI is InChI=1S/C16H9FN2OS/c17-11-5-3-4-10(8-11)15(20)12(9-18)16-19-13-6-1-2-7-14(13)21-16/h1-8,20H. The van der Waals surface area contributed by atoms with E-state index in [1.165, 1.54) is 29.5 Å². The van der Waals surface area contributed by atoms with E-state index in [4.69, 9.17) is 0 Å². The van der Waals surface area contributed by atoms with Crippen molar-refractivity contribution >= 4 is 32.9 Å². The molecule has 0 fully saturated rings. The predicted octanol–water partition coefficient (Wildman–Crippen LogP) is 4.39. The van der Waals surface area contributed by atoms with Crippen LogP contribution in [0.3, 0.4) is 0 Å². The Bertz CT molecular complexity index is 859. The summed E-state index contributed by atoms with van der Waals surface area (Å²) in [5.74, 6) is -0.739. The van der Waals surface area contributed by atoms with Gasteiger partial charge < -0.3 is 5.11 Å². The topological polar surface area (TPSA) is 56.9 Å². The molecule has 0 radical (unpaired) electrons. The molecule has 5 heteroatoms. The van der Waals surface area contributed by atoms with E-state index >= 15 is 0 Å². The second-order valence-corrected chi connectivity index (χ2v) is 5.36. The molecule has 0 bridgehead atoms. The summed E-state index contributed by atoms with van der Waals surface area (Å²) in [7, 11) is 0. The Morgan fingerprint density at radius 2 is 2.00 bits per heavy atom. The molecule has 1 heterocycles. The van der Waals surface area contributed by atoms with Gasteiger partial charge in [-0.15, -0.1) is 11.3 Å². The van der Waals surface area contributed by atoms with Crippen molar-refractivity contribution in [1.29, 1.82) is 5.26 Å². The number of fused-ring (bicyclic) bond motifs is 1. The van der Waals surface area contributed by atoms with Crippen LogP contribution in [0.5, 0.6) is 0 Å². The number of aliphatic hydroxyl groups is 1. The minimum atomic E-state index is -0.472. The summed E-state index contributed by atoms with van der Waals surface area (Å²) in [5.41, 5.74) is 1.06. The van der Waals surface area contributed by atoms with Crippen LogP contribution in [0, 0.1) is 17.1 Å². The Morgan fingerprint density at radius 1 is 1.19 bits per heavy atom. The minimum Gasteiger partial charge on any atom is -0.506 e. The Hall–Kier alpha value is -2.71. The number of allylic oxidation sites excluding steroid dienone is 1. The molecule has 1 aromatic heterocycles. The van der Waals surface area contributed by atoms with Gasteiger partial charge in [-0.05, 0) is 24.3 Å². The van der Waals surface area contributed by atoms with Gasteiger partial charge in [-0.25, -0.2) is 9.37 Å². The first-order valence-electron chi connectivity index (χ1n) is 6.14. The lowest BCUT2D eigenvalue weighted by atomic mass is 10.1. The highest BCUT2D eigenvalue weighted by molar-refractivity contribution is 7.19. The normalized spacial score (nSPS) is 12.0. The highest BCUT2D eigenvalue weighted by atomic mass is 32.1. The van der Waals surface area contributed by atoms with E-state index in [9.17, 15) is 14.8 Å². The van der Waals surface area contributed by atoms with Crippen molar-refractivity contribution in [3.8, 4) is 6.07 Å². The molecule has 102 valence electrons. The van der Waals surface area contributed by atoms with E-state index in [0.29, 0.717) is 5.01 Å². The van der Waals surface area contributed by atoms with Gasteiger partial charge in [0.2, 0.25) is 0 Å². The van der Waals surface area contributed by atoms with Crippen LogP contribution < -0.4 is 0 Å². The highest BCUT2D eigenvalue weighted by Gasteiger charge is 2.15. The second-order valence-electron chi connectivity index (χ2n) is 4.33. The first-order chi connectivity index (χ1) is 10.2. The van der Waals surface area contributed by atoms with Crippen LogP contribution in [0.15, 0.2) is 48.5 Å². The molecule has 0 aliphatic carbocycles.